The molecule has 3 aliphatic carbocycles. The number of phenolic OH excluding ortho intramolecular Hbond substituents is 1. The van der Waals surface area contributed by atoms with Gasteiger partial charge < -0.3 is 40.9 Å². The summed E-state index contributed by atoms with van der Waals surface area (Å²) >= 11 is 5.42. The van der Waals surface area contributed by atoms with E-state index in [0.717, 1.165) is 5.69 Å². The summed E-state index contributed by atoms with van der Waals surface area (Å²) < 4.78 is 0. The second-order valence-corrected chi connectivity index (χ2v) is 11.0. The molecular weight excluding hydrogens is 532 g/mol. The minimum atomic E-state index is -2.72. The number of carbonyl (C=O) groups excluding carboxylic acids is 4. The third kappa shape index (κ3) is 4.45. The smallest absolute Gasteiger partial charge is 0.236 e. The van der Waals surface area contributed by atoms with Crippen LogP contribution in [-0.2, 0) is 25.6 Å². The number of nitrogens with zero attached hydrogens (tertiary/aromatic N) is 2. The first kappa shape index (κ1) is 28.8. The molecule has 0 aliphatic heterocycles. The van der Waals surface area contributed by atoms with Crippen molar-refractivity contribution in [2.24, 2.45) is 17.8 Å². The lowest BCUT2D eigenvalue weighted by atomic mass is 9.54. The summed E-state index contributed by atoms with van der Waals surface area (Å²) in [5.74, 6) is -8.49. The van der Waals surface area contributed by atoms with Crippen molar-refractivity contribution in [3.05, 3.63) is 28.8 Å². The number of amides is 2. The van der Waals surface area contributed by atoms with Gasteiger partial charge in [0.25, 0.3) is 0 Å². The fraction of sp³-hybridized carbons (Fsp3) is 0.538. The number of aromatic hydroxyl groups is 1. The Bertz CT molecular complexity index is 1260. The molecule has 6 N–H and O–H groups in total. The van der Waals surface area contributed by atoms with Crippen molar-refractivity contribution >= 4 is 46.4 Å². The molecule has 1 aromatic carbocycles. The van der Waals surface area contributed by atoms with Crippen LogP contribution in [0.1, 0.15) is 17.5 Å². The van der Waals surface area contributed by atoms with Crippen LogP contribution in [0, 0.1) is 17.8 Å². The molecule has 0 bridgehead atoms. The number of hydrogen-bond acceptors (Lipinski definition) is 10. The third-order valence-corrected chi connectivity index (χ3v) is 8.32. The average Bonchev–Trinajstić information content (AvgIpc) is 2.85. The molecule has 2 fully saturated rings. The molecule has 0 spiro atoms. The zero-order valence-corrected chi connectivity index (χ0v) is 22.8. The summed E-state index contributed by atoms with van der Waals surface area (Å²) in [6, 6.07) is 2.11. The van der Waals surface area contributed by atoms with Crippen molar-refractivity contribution in [2.45, 2.75) is 30.6 Å². The van der Waals surface area contributed by atoms with Crippen LogP contribution in [0.25, 0.3) is 5.76 Å². The van der Waals surface area contributed by atoms with E-state index in [9.17, 15) is 39.6 Å². The Morgan fingerprint density at radius 1 is 1.13 bits per heavy atom. The molecule has 1 aromatic rings. The number of carbonyl (C=O) groups is 4. The Morgan fingerprint density at radius 3 is 2.38 bits per heavy atom. The number of aliphatic hydroxyl groups is 3. The molecule has 2 saturated carbocycles. The van der Waals surface area contributed by atoms with E-state index in [1.165, 1.54) is 6.07 Å². The Balaban J connectivity index is 1.79. The molecule has 39 heavy (non-hydrogen) atoms. The second-order valence-electron chi connectivity index (χ2n) is 10.7. The largest absolute Gasteiger partial charge is 0.507 e. The van der Waals surface area contributed by atoms with Crippen molar-refractivity contribution in [2.75, 3.05) is 45.6 Å². The van der Waals surface area contributed by atoms with E-state index in [1.54, 1.807) is 39.2 Å². The summed E-state index contributed by atoms with van der Waals surface area (Å²) in [7, 11) is 6.81. The van der Waals surface area contributed by atoms with E-state index in [4.69, 9.17) is 11.6 Å². The van der Waals surface area contributed by atoms with Crippen molar-refractivity contribution in [1.82, 2.24) is 15.5 Å². The zero-order valence-electron chi connectivity index (χ0n) is 22.1. The molecule has 4 rings (SSSR count). The van der Waals surface area contributed by atoms with Gasteiger partial charge in [0.2, 0.25) is 17.6 Å². The lowest BCUT2D eigenvalue weighted by Gasteiger charge is -2.53. The first-order valence-corrected chi connectivity index (χ1v) is 13.0. The number of alkyl halides is 1. The molecule has 2 unspecified atom stereocenters. The Hall–Kier alpha value is -3.19. The van der Waals surface area contributed by atoms with E-state index in [1.807, 2.05) is 4.90 Å². The molecule has 212 valence electrons. The lowest BCUT2D eigenvalue weighted by molar-refractivity contribution is -0.184. The number of Topliss-reactive ketones (excluding diaryl/α,β-unsaturated/α-hetero) is 2. The lowest BCUT2D eigenvalue weighted by Crippen LogP contribution is -2.73. The van der Waals surface area contributed by atoms with Crippen LogP contribution in [-0.4, -0.2) is 107 Å². The molecule has 0 aromatic heterocycles. The molecule has 2 amide bonds. The van der Waals surface area contributed by atoms with E-state index < -0.39 is 64.6 Å². The SMILES string of the molecule is CN(C)c1ccc(O)c2c1C[C@H]1C[C@H]3[C@H](N(C)C)C(O)C(C(=O)NCNC(=O)CCl)C(=O)[C@@]3(O)C(=O)C1=C2O. The maximum Gasteiger partial charge on any atom is 0.236 e. The number of halogens is 1. The summed E-state index contributed by atoms with van der Waals surface area (Å²) in [6.07, 6.45) is -1.29. The van der Waals surface area contributed by atoms with Crippen LogP contribution in [0.3, 0.4) is 0 Å². The quantitative estimate of drug-likeness (QED) is 0.145. The number of rotatable bonds is 6. The predicted molar refractivity (Wildman–Crippen MR) is 141 cm³/mol. The molecule has 12 nitrogen and oxygen atoms in total. The molecule has 6 atom stereocenters. The van der Waals surface area contributed by atoms with E-state index in [-0.39, 0.29) is 42.3 Å². The topological polar surface area (TPSA) is 180 Å². The van der Waals surface area contributed by atoms with Gasteiger partial charge in [-0.05, 0) is 50.6 Å². The van der Waals surface area contributed by atoms with Crippen LogP contribution in [0.5, 0.6) is 5.75 Å². The highest BCUT2D eigenvalue weighted by atomic mass is 35.5. The summed E-state index contributed by atoms with van der Waals surface area (Å²) in [6.45, 7) is -0.387. The first-order chi connectivity index (χ1) is 18.3. The summed E-state index contributed by atoms with van der Waals surface area (Å²) in [5, 5.41) is 49.5. The van der Waals surface area contributed by atoms with Gasteiger partial charge in [-0.2, -0.15) is 0 Å². The Kier molecular flexibility index (Phi) is 7.69. The van der Waals surface area contributed by atoms with E-state index in [2.05, 4.69) is 10.6 Å². The van der Waals surface area contributed by atoms with Gasteiger partial charge in [0, 0.05) is 37.3 Å². The number of ketones is 2. The zero-order chi connectivity index (χ0) is 29.0. The van der Waals surface area contributed by atoms with Crippen molar-refractivity contribution in [3.63, 3.8) is 0 Å². The summed E-state index contributed by atoms with van der Waals surface area (Å²) in [5.41, 5.74) is -1.52. The highest BCUT2D eigenvalue weighted by Gasteiger charge is 2.67. The van der Waals surface area contributed by atoms with Gasteiger partial charge >= 0.3 is 0 Å². The van der Waals surface area contributed by atoms with Gasteiger partial charge in [-0.15, -0.1) is 11.6 Å². The number of benzene rings is 1. The third-order valence-electron chi connectivity index (χ3n) is 8.07. The van der Waals surface area contributed by atoms with Gasteiger partial charge in [0.1, 0.15) is 23.3 Å². The number of nitrogens with one attached hydrogen (secondary N) is 2. The van der Waals surface area contributed by atoms with Crippen LogP contribution < -0.4 is 15.5 Å². The minimum absolute atomic E-state index is 0.0510. The maximum absolute atomic E-state index is 14.0. The Labute approximate surface area is 230 Å². The van der Waals surface area contributed by atoms with Crippen LogP contribution in [0.15, 0.2) is 17.7 Å². The normalized spacial score (nSPS) is 29.9. The predicted octanol–water partition coefficient (Wildman–Crippen LogP) is -0.862. The molecule has 3 aliphatic rings. The fourth-order valence-electron chi connectivity index (χ4n) is 6.37. The molecule has 13 heteroatoms. The average molecular weight is 565 g/mol. The van der Waals surface area contributed by atoms with Gasteiger partial charge in [-0.25, -0.2) is 0 Å². The summed E-state index contributed by atoms with van der Waals surface area (Å²) in [4.78, 5) is 55.5. The monoisotopic (exact) mass is 564 g/mol. The number of fused-ring (bicyclic) bond motifs is 3. The van der Waals surface area contributed by atoms with Gasteiger partial charge in [0.05, 0.1) is 18.3 Å². The minimum Gasteiger partial charge on any atom is -0.507 e. The van der Waals surface area contributed by atoms with Crippen LogP contribution in [0.2, 0.25) is 0 Å². The van der Waals surface area contributed by atoms with E-state index >= 15 is 0 Å². The molecule has 0 radical (unpaired) electrons. The Morgan fingerprint density at radius 2 is 1.79 bits per heavy atom. The van der Waals surface area contributed by atoms with Crippen molar-refractivity contribution in [1.29, 1.82) is 0 Å². The first-order valence-electron chi connectivity index (χ1n) is 12.5. The van der Waals surface area contributed by atoms with Gasteiger partial charge in [0.15, 0.2) is 11.4 Å². The number of likely N-dealkylation sites (N-methyl/N-ethyl adjacent to an activating group) is 1. The van der Waals surface area contributed by atoms with Gasteiger partial charge in [-0.3, -0.25) is 19.2 Å². The highest BCUT2D eigenvalue weighted by Crippen LogP contribution is 2.53. The fourth-order valence-corrected chi connectivity index (χ4v) is 6.47. The molecule has 0 heterocycles. The number of hydrogen-bond donors (Lipinski definition) is 6. The van der Waals surface area contributed by atoms with Crippen LogP contribution >= 0.6 is 11.6 Å². The molecule has 0 saturated heterocycles. The standard InChI is InChI=1S/C26H33ClN4O8/c1-30(2)14-5-6-15(32)18-12(14)7-11-8-13-20(31(3)4)22(35)19(25(38)29-10-28-16(33)9-27)24(37)26(13,39)23(36)17(11)21(18)34/h5-6,11,13,19-20,22,32,34-35,39H,7-10H2,1-4H3,(H,28,33)(H,29,38)/t11-,13-,19?,20-,22?,26-/m0/s1. The number of anilines is 1. The van der Waals surface area contributed by atoms with Gasteiger partial charge in [-0.1, -0.05) is 0 Å². The second kappa shape index (κ2) is 10.4. The number of phenols is 1. The maximum atomic E-state index is 14.0. The molecular formula is C26H33ClN4O8. The number of aliphatic hydroxyl groups excluding tert-OH is 2. The van der Waals surface area contributed by atoms with Crippen LogP contribution in [0.4, 0.5) is 5.69 Å². The van der Waals surface area contributed by atoms with E-state index in [0.29, 0.717) is 5.56 Å². The highest BCUT2D eigenvalue weighted by molar-refractivity contribution is 6.27. The van der Waals surface area contributed by atoms with Crippen molar-refractivity contribution < 1.29 is 39.6 Å². The van der Waals surface area contributed by atoms with Crippen molar-refractivity contribution in [3.8, 4) is 5.75 Å².